The third-order valence-corrected chi connectivity index (χ3v) is 12.1. The van der Waals surface area contributed by atoms with Crippen molar-refractivity contribution in [3.63, 3.8) is 0 Å². The minimum atomic E-state index is -0.773. The number of esters is 3. The van der Waals surface area contributed by atoms with E-state index in [-0.39, 0.29) is 31.1 Å². The first-order valence-electron chi connectivity index (χ1n) is 27.5. The van der Waals surface area contributed by atoms with E-state index in [2.05, 4.69) is 57.2 Å². The fourth-order valence-corrected chi connectivity index (χ4v) is 7.93. The molecule has 0 spiro atoms. The highest BCUT2D eigenvalue weighted by Crippen LogP contribution is 2.16. The Morgan fingerprint density at radius 2 is 0.587 bits per heavy atom. The fraction of sp³-hybridized carbons (Fsp3) is 0.842. The highest BCUT2D eigenvalue weighted by atomic mass is 16.6. The zero-order valence-corrected chi connectivity index (χ0v) is 42.1. The summed E-state index contributed by atoms with van der Waals surface area (Å²) < 4.78 is 16.8. The summed E-state index contributed by atoms with van der Waals surface area (Å²) in [5.41, 5.74) is 0. The van der Waals surface area contributed by atoms with Gasteiger partial charge in [-0.15, -0.1) is 0 Å². The first kappa shape index (κ1) is 60.6. The number of ether oxygens (including phenoxy) is 3. The second-order valence-corrected chi connectivity index (χ2v) is 18.5. The molecule has 6 heteroatoms. The fourth-order valence-electron chi connectivity index (χ4n) is 7.93. The second-order valence-electron chi connectivity index (χ2n) is 18.5. The van der Waals surface area contributed by atoms with Gasteiger partial charge in [0.2, 0.25) is 0 Å². The number of hydrogen-bond donors (Lipinski definition) is 0. The summed E-state index contributed by atoms with van der Waals surface area (Å²) in [5.74, 6) is -0.874. The molecule has 0 bridgehead atoms. The van der Waals surface area contributed by atoms with E-state index in [0.717, 1.165) is 70.6 Å². The summed E-state index contributed by atoms with van der Waals surface area (Å²) in [4.78, 5) is 38.0. The summed E-state index contributed by atoms with van der Waals surface area (Å²) >= 11 is 0. The van der Waals surface area contributed by atoms with Crippen molar-refractivity contribution in [2.75, 3.05) is 13.2 Å². The topological polar surface area (TPSA) is 78.9 Å². The Balaban J connectivity index is 4.31. The van der Waals surface area contributed by atoms with Crippen LogP contribution in [0, 0.1) is 0 Å². The molecule has 0 aliphatic rings. The molecule has 0 aromatic rings. The predicted molar refractivity (Wildman–Crippen MR) is 270 cm³/mol. The van der Waals surface area contributed by atoms with Gasteiger partial charge in [-0.1, -0.05) is 237 Å². The number of rotatable bonds is 50. The summed E-state index contributed by atoms with van der Waals surface area (Å²) in [6.07, 6.45) is 61.3. The molecule has 0 rings (SSSR count). The molecule has 1 atom stereocenters. The third kappa shape index (κ3) is 50.5. The largest absolute Gasteiger partial charge is 0.462 e. The van der Waals surface area contributed by atoms with Gasteiger partial charge in [-0.2, -0.15) is 0 Å². The molecule has 63 heavy (non-hydrogen) atoms. The van der Waals surface area contributed by atoms with Crippen molar-refractivity contribution in [3.8, 4) is 0 Å². The molecule has 0 radical (unpaired) electrons. The molecule has 0 N–H and O–H groups in total. The van der Waals surface area contributed by atoms with Gasteiger partial charge >= 0.3 is 17.9 Å². The Morgan fingerprint density at radius 1 is 0.317 bits per heavy atom. The first-order valence-corrected chi connectivity index (χ1v) is 27.5. The lowest BCUT2D eigenvalue weighted by molar-refractivity contribution is -0.167. The van der Waals surface area contributed by atoms with E-state index >= 15 is 0 Å². The Labute approximate surface area is 391 Å². The number of unbranched alkanes of at least 4 members (excludes halogenated alkanes) is 33. The average molecular weight is 885 g/mol. The Hall–Kier alpha value is -2.37. The van der Waals surface area contributed by atoms with Gasteiger partial charge in [0.15, 0.2) is 6.10 Å². The van der Waals surface area contributed by atoms with Crippen LogP contribution in [0.2, 0.25) is 0 Å². The van der Waals surface area contributed by atoms with Crippen LogP contribution >= 0.6 is 0 Å². The number of carbonyl (C=O) groups is 3. The van der Waals surface area contributed by atoms with Crippen LogP contribution in [0.25, 0.3) is 0 Å². The smallest absolute Gasteiger partial charge is 0.306 e. The van der Waals surface area contributed by atoms with Gasteiger partial charge in [0.25, 0.3) is 0 Å². The number of allylic oxidation sites excluding steroid dienone is 6. The molecule has 6 nitrogen and oxygen atoms in total. The van der Waals surface area contributed by atoms with Crippen LogP contribution < -0.4 is 0 Å². The second kappa shape index (κ2) is 52.3. The van der Waals surface area contributed by atoms with Gasteiger partial charge in [0, 0.05) is 19.3 Å². The Morgan fingerprint density at radius 3 is 0.968 bits per heavy atom. The summed E-state index contributed by atoms with van der Waals surface area (Å²) in [7, 11) is 0. The normalized spacial score (nSPS) is 12.2. The van der Waals surface area contributed by atoms with Crippen molar-refractivity contribution in [1.29, 1.82) is 0 Å². The third-order valence-electron chi connectivity index (χ3n) is 12.1. The highest BCUT2D eigenvalue weighted by molar-refractivity contribution is 5.71. The Bertz CT molecular complexity index is 1060. The van der Waals surface area contributed by atoms with Crippen LogP contribution in [0.3, 0.4) is 0 Å². The van der Waals surface area contributed by atoms with Crippen molar-refractivity contribution in [1.82, 2.24) is 0 Å². The average Bonchev–Trinajstić information content (AvgIpc) is 3.28. The molecular weight excluding hydrogens is 781 g/mol. The zero-order chi connectivity index (χ0) is 45.8. The molecule has 0 aromatic carbocycles. The zero-order valence-electron chi connectivity index (χ0n) is 42.1. The van der Waals surface area contributed by atoms with E-state index in [4.69, 9.17) is 14.2 Å². The van der Waals surface area contributed by atoms with Crippen molar-refractivity contribution < 1.29 is 28.6 Å². The van der Waals surface area contributed by atoms with Gasteiger partial charge in [-0.3, -0.25) is 14.4 Å². The van der Waals surface area contributed by atoms with Crippen molar-refractivity contribution >= 4 is 17.9 Å². The molecule has 0 aliphatic heterocycles. The van der Waals surface area contributed by atoms with Crippen LogP contribution in [0.15, 0.2) is 36.5 Å². The van der Waals surface area contributed by atoms with Crippen molar-refractivity contribution in [2.24, 2.45) is 0 Å². The first-order chi connectivity index (χ1) is 31.0. The molecule has 0 saturated carbocycles. The Kier molecular flexibility index (Phi) is 50.3. The van der Waals surface area contributed by atoms with Crippen LogP contribution in [0.4, 0.5) is 0 Å². The van der Waals surface area contributed by atoms with E-state index in [9.17, 15) is 14.4 Å². The quantitative estimate of drug-likeness (QED) is 0.0262. The minimum Gasteiger partial charge on any atom is -0.462 e. The molecule has 0 saturated heterocycles. The molecule has 0 amide bonds. The monoisotopic (exact) mass is 885 g/mol. The van der Waals surface area contributed by atoms with E-state index in [1.807, 2.05) is 0 Å². The predicted octanol–water partition coefficient (Wildman–Crippen LogP) is 18.1. The maximum Gasteiger partial charge on any atom is 0.306 e. The van der Waals surface area contributed by atoms with Crippen LogP contribution in [-0.4, -0.2) is 37.2 Å². The number of hydrogen-bond acceptors (Lipinski definition) is 6. The van der Waals surface area contributed by atoms with Crippen LogP contribution in [-0.2, 0) is 28.6 Å². The van der Waals surface area contributed by atoms with Crippen molar-refractivity contribution in [2.45, 2.75) is 297 Å². The SMILES string of the molecule is CCCC/C=C\CCCCCCCC(=O)OCC(COC(=O)CCCCCCCCCCC/C=C\C/C=C\CCCCC)OC(=O)CCCCCCCCCCCCCCCCC. The van der Waals surface area contributed by atoms with Gasteiger partial charge in [0.05, 0.1) is 0 Å². The highest BCUT2D eigenvalue weighted by Gasteiger charge is 2.19. The van der Waals surface area contributed by atoms with E-state index in [1.54, 1.807) is 0 Å². The summed E-state index contributed by atoms with van der Waals surface area (Å²) in [6.45, 7) is 6.60. The lowest BCUT2D eigenvalue weighted by Crippen LogP contribution is -2.30. The van der Waals surface area contributed by atoms with E-state index in [1.165, 1.54) is 180 Å². The van der Waals surface area contributed by atoms with E-state index < -0.39 is 6.10 Å². The van der Waals surface area contributed by atoms with Crippen LogP contribution in [0.5, 0.6) is 0 Å². The molecule has 0 heterocycles. The lowest BCUT2D eigenvalue weighted by Gasteiger charge is -2.18. The summed E-state index contributed by atoms with van der Waals surface area (Å²) in [6, 6.07) is 0. The maximum absolute atomic E-state index is 12.8. The molecule has 0 aliphatic carbocycles. The van der Waals surface area contributed by atoms with Gasteiger partial charge < -0.3 is 14.2 Å². The van der Waals surface area contributed by atoms with Gasteiger partial charge in [-0.25, -0.2) is 0 Å². The minimum absolute atomic E-state index is 0.0738. The molecule has 0 aromatic heterocycles. The molecule has 1 unspecified atom stereocenters. The lowest BCUT2D eigenvalue weighted by atomic mass is 10.0. The van der Waals surface area contributed by atoms with Crippen LogP contribution in [0.1, 0.15) is 290 Å². The number of carbonyl (C=O) groups excluding carboxylic acids is 3. The van der Waals surface area contributed by atoms with E-state index in [0.29, 0.717) is 19.3 Å². The standard InChI is InChI=1S/C57H104O6/c1-4-7-10-13-16-19-22-24-26-27-28-29-31-32-35-38-41-44-47-50-56(59)62-53-54(52-61-55(58)49-46-43-40-37-34-21-18-15-12-9-6-3)63-57(60)51-48-45-42-39-36-33-30-25-23-20-17-14-11-8-5-2/h15-16,18-19,24,26,54H,4-14,17,20-23,25,27-53H2,1-3H3/b18-15-,19-16-,26-24-. The van der Waals surface area contributed by atoms with Gasteiger partial charge in [-0.05, 0) is 70.6 Å². The van der Waals surface area contributed by atoms with Gasteiger partial charge in [0.1, 0.15) is 13.2 Å². The molecule has 0 fully saturated rings. The van der Waals surface area contributed by atoms with Crippen molar-refractivity contribution in [3.05, 3.63) is 36.5 Å². The summed E-state index contributed by atoms with van der Waals surface area (Å²) in [5, 5.41) is 0. The molecular formula is C57H104O6. The maximum atomic E-state index is 12.8. The molecule has 368 valence electrons.